The fourth-order valence-corrected chi connectivity index (χ4v) is 1.65. The highest BCUT2D eigenvalue weighted by molar-refractivity contribution is 7.16. The fraction of sp³-hybridized carbons (Fsp3) is 0. The molecule has 0 spiro atoms. The van der Waals surface area contributed by atoms with Crippen LogP contribution in [-0.4, -0.2) is 0 Å². The molecule has 0 aliphatic rings. The lowest BCUT2D eigenvalue weighted by Crippen LogP contribution is -2.17. The van der Waals surface area contributed by atoms with Crippen LogP contribution in [0.2, 0.25) is 0 Å². The third-order valence-corrected chi connectivity index (χ3v) is 2.26. The van der Waals surface area contributed by atoms with Crippen LogP contribution in [0, 0.1) is 0 Å². The first-order valence-corrected chi connectivity index (χ1v) is 3.80. The molecule has 0 saturated heterocycles. The molecule has 2 rings (SSSR count). The minimum Gasteiger partial charge on any atom is -0.0661 e. The largest absolute Gasteiger partial charge is 0.274 e. The summed E-state index contributed by atoms with van der Waals surface area (Å²) in [6, 6.07) is 7.38. The first kappa shape index (κ1) is 5.80. The molecule has 0 N–H and O–H groups in total. The molecule has 10 heavy (non-hydrogen) atoms. The Balaban J connectivity index is 2.93. The summed E-state index contributed by atoms with van der Waals surface area (Å²) in [5.41, 5.74) is 2.09. The zero-order chi connectivity index (χ0) is 6.97. The molecule has 3 heteroatoms. The first-order chi connectivity index (χ1) is 4.88. The average molecular weight is 154 g/mol. The predicted octanol–water partition coefficient (Wildman–Crippen LogP) is 1.92. The Labute approximate surface area is 61.3 Å². The summed E-state index contributed by atoms with van der Waals surface area (Å²) in [4.78, 5) is 0.639. The van der Waals surface area contributed by atoms with Crippen LogP contribution in [-0.2, 0) is 0 Å². The minimum atomic E-state index is 0.639. The topological polar surface area (TPSA) is 3.88 Å². The summed E-state index contributed by atoms with van der Waals surface area (Å²) < 4.78 is 13.7. The van der Waals surface area contributed by atoms with E-state index in [1.807, 2.05) is 18.2 Å². The van der Waals surface area contributed by atoms with Crippen molar-refractivity contribution in [2.75, 3.05) is 0 Å². The molecule has 0 radical (unpaired) electrons. The number of hydrogen-bond donors (Lipinski definition) is 0. The maximum Gasteiger partial charge on any atom is 0.274 e. The van der Waals surface area contributed by atoms with Crippen LogP contribution < -0.4 is 4.79 Å². The van der Waals surface area contributed by atoms with E-state index < -0.39 is 0 Å². The lowest BCUT2D eigenvalue weighted by atomic mass is 10.3. The second-order valence-corrected chi connectivity index (χ2v) is 2.89. The molecule has 1 aromatic heterocycles. The number of benzene rings is 1. The van der Waals surface area contributed by atoms with Gasteiger partial charge in [-0.3, -0.25) is 0 Å². The molecule has 0 amide bonds. The van der Waals surface area contributed by atoms with Gasteiger partial charge in [-0.25, -0.2) is 0 Å². The molecular formula is C7H5FNS+. The quantitative estimate of drug-likeness (QED) is 0.546. The number of para-hydroxylation sites is 1. The van der Waals surface area contributed by atoms with Gasteiger partial charge in [0.25, 0.3) is 11.0 Å². The molecule has 1 heterocycles. The Bertz CT molecular complexity index is 355. The highest BCUT2D eigenvalue weighted by Crippen LogP contribution is 2.14. The van der Waals surface area contributed by atoms with Gasteiger partial charge in [0, 0.05) is 10.9 Å². The Morgan fingerprint density at radius 2 is 2.10 bits per heavy atom. The number of hydrogen-bond acceptors (Lipinski definition) is 1. The van der Waals surface area contributed by atoms with Crippen molar-refractivity contribution < 1.29 is 9.27 Å². The normalized spacial score (nSPS) is 10.5. The van der Waals surface area contributed by atoms with Crippen LogP contribution in [0.5, 0.6) is 0 Å². The van der Waals surface area contributed by atoms with E-state index >= 15 is 0 Å². The lowest BCUT2D eigenvalue weighted by Gasteiger charge is -1.76. The number of fused-ring (bicyclic) bond motifs is 1. The Morgan fingerprint density at radius 3 is 2.90 bits per heavy atom. The van der Waals surface area contributed by atoms with E-state index in [1.165, 1.54) is 16.8 Å². The van der Waals surface area contributed by atoms with Crippen molar-refractivity contribution in [1.29, 1.82) is 0 Å². The van der Waals surface area contributed by atoms with Gasteiger partial charge in [-0.15, -0.1) is 0 Å². The van der Waals surface area contributed by atoms with Crippen LogP contribution in [0.15, 0.2) is 29.8 Å². The summed E-state index contributed by atoms with van der Waals surface area (Å²) in [7, 11) is 0. The second-order valence-electron chi connectivity index (χ2n) is 2.00. The minimum absolute atomic E-state index is 0.639. The Hall–Kier alpha value is -0.960. The third kappa shape index (κ3) is 0.708. The number of rotatable bonds is 0. The second kappa shape index (κ2) is 2.02. The standard InChI is InChI=1S/C7H5FNS/c8-9-5-10-7-4-2-1-3-6(7)9/h1-5H/q+1. The highest BCUT2D eigenvalue weighted by Gasteiger charge is 2.08. The first-order valence-electron chi connectivity index (χ1n) is 2.92. The molecule has 0 saturated carbocycles. The van der Waals surface area contributed by atoms with Crippen molar-refractivity contribution in [2.24, 2.45) is 0 Å². The van der Waals surface area contributed by atoms with Gasteiger partial charge in [-0.1, -0.05) is 23.5 Å². The van der Waals surface area contributed by atoms with E-state index in [-0.39, 0.29) is 0 Å². The van der Waals surface area contributed by atoms with Crippen molar-refractivity contribution in [1.82, 2.24) is 0 Å². The van der Waals surface area contributed by atoms with Gasteiger partial charge in [-0.2, -0.15) is 0 Å². The molecule has 1 aromatic carbocycles. The zero-order valence-electron chi connectivity index (χ0n) is 5.12. The Morgan fingerprint density at radius 1 is 1.30 bits per heavy atom. The lowest BCUT2D eigenvalue weighted by molar-refractivity contribution is -0.818. The summed E-state index contributed by atoms with van der Waals surface area (Å²) in [5.74, 6) is 0. The Kier molecular flexibility index (Phi) is 1.17. The summed E-state index contributed by atoms with van der Waals surface area (Å²) in [6.07, 6.45) is 0. The maximum absolute atomic E-state index is 12.7. The van der Waals surface area contributed by atoms with Crippen molar-refractivity contribution >= 4 is 21.6 Å². The number of thiazole rings is 1. The molecular weight excluding hydrogens is 149 g/mol. The number of aromatic nitrogens is 1. The van der Waals surface area contributed by atoms with Crippen LogP contribution in [0.1, 0.15) is 0 Å². The third-order valence-electron chi connectivity index (χ3n) is 1.37. The van der Waals surface area contributed by atoms with Crippen LogP contribution in [0.4, 0.5) is 4.48 Å². The van der Waals surface area contributed by atoms with Gasteiger partial charge < -0.3 is 0 Å². The van der Waals surface area contributed by atoms with E-state index in [2.05, 4.69) is 0 Å². The smallest absolute Gasteiger partial charge is 0.0661 e. The van der Waals surface area contributed by atoms with Gasteiger partial charge in [-0.05, 0) is 6.07 Å². The monoisotopic (exact) mass is 154 g/mol. The zero-order valence-corrected chi connectivity index (χ0v) is 5.94. The molecule has 0 bridgehead atoms. The van der Waals surface area contributed by atoms with Crippen LogP contribution >= 0.6 is 11.3 Å². The van der Waals surface area contributed by atoms with Gasteiger partial charge in [0.05, 0.1) is 4.48 Å². The van der Waals surface area contributed by atoms with Crippen molar-refractivity contribution in [3.63, 3.8) is 0 Å². The van der Waals surface area contributed by atoms with E-state index in [0.717, 1.165) is 4.70 Å². The highest BCUT2D eigenvalue weighted by atomic mass is 32.1. The van der Waals surface area contributed by atoms with Crippen molar-refractivity contribution in [2.45, 2.75) is 0 Å². The molecule has 0 aliphatic carbocycles. The van der Waals surface area contributed by atoms with E-state index in [1.54, 1.807) is 6.07 Å². The molecule has 1 nitrogen and oxygen atoms in total. The van der Waals surface area contributed by atoms with Gasteiger partial charge in [0.1, 0.15) is 4.70 Å². The predicted molar refractivity (Wildman–Crippen MR) is 38.5 cm³/mol. The van der Waals surface area contributed by atoms with Gasteiger partial charge in [0.2, 0.25) is 0 Å². The summed E-state index contributed by atoms with van der Waals surface area (Å²) >= 11 is 1.40. The van der Waals surface area contributed by atoms with E-state index in [4.69, 9.17) is 0 Å². The molecule has 0 atom stereocenters. The van der Waals surface area contributed by atoms with E-state index in [0.29, 0.717) is 10.3 Å². The average Bonchev–Trinajstić information content (AvgIpc) is 2.34. The summed E-state index contributed by atoms with van der Waals surface area (Å²) in [6.45, 7) is 0. The molecule has 0 unspecified atom stereocenters. The molecule has 0 aliphatic heterocycles. The van der Waals surface area contributed by atoms with Crippen molar-refractivity contribution in [3.05, 3.63) is 29.8 Å². The maximum atomic E-state index is 12.7. The van der Waals surface area contributed by atoms with Crippen LogP contribution in [0.3, 0.4) is 0 Å². The van der Waals surface area contributed by atoms with Gasteiger partial charge in [0.15, 0.2) is 0 Å². The van der Waals surface area contributed by atoms with Crippen LogP contribution in [0.25, 0.3) is 10.2 Å². The van der Waals surface area contributed by atoms with E-state index in [9.17, 15) is 4.48 Å². The van der Waals surface area contributed by atoms with Gasteiger partial charge >= 0.3 is 0 Å². The molecule has 0 fully saturated rings. The number of halogens is 1. The molecule has 2 aromatic rings. The SMILES string of the molecule is F[n+]1csc2ccccc21. The number of nitrogens with zero attached hydrogens (tertiary/aromatic N) is 1. The van der Waals surface area contributed by atoms with Crippen molar-refractivity contribution in [3.8, 4) is 0 Å². The molecule has 50 valence electrons. The summed E-state index contributed by atoms with van der Waals surface area (Å²) in [5, 5.41) is 0. The fourth-order valence-electron chi connectivity index (χ4n) is 0.893.